The lowest BCUT2D eigenvalue weighted by atomic mass is 10.1. The number of amidine groups is 1. The standard InChI is InChI=1S/C15H14N2S3/c1-9-4-3-5-11-10(9)8-12(19-11)13-14(18-2)20-15-16-6-7-17(13)15/h3-5,8H,6-7H2,1-2H3. The molecule has 0 saturated heterocycles. The second-order valence-corrected chi connectivity index (χ2v) is 7.99. The zero-order valence-electron chi connectivity index (χ0n) is 11.3. The van der Waals surface area contributed by atoms with Crippen LogP contribution in [0.4, 0.5) is 0 Å². The van der Waals surface area contributed by atoms with Gasteiger partial charge in [-0.3, -0.25) is 4.99 Å². The Morgan fingerprint density at radius 2 is 2.25 bits per heavy atom. The maximum atomic E-state index is 4.60. The fraction of sp³-hybridized carbons (Fsp3) is 0.267. The average molecular weight is 318 g/mol. The number of aryl methyl sites for hydroxylation is 1. The van der Waals surface area contributed by atoms with E-state index in [1.807, 2.05) is 34.9 Å². The number of thioether (sulfide) groups is 2. The van der Waals surface area contributed by atoms with Gasteiger partial charge in [0, 0.05) is 11.2 Å². The van der Waals surface area contributed by atoms with Crippen LogP contribution in [0.25, 0.3) is 15.8 Å². The van der Waals surface area contributed by atoms with Gasteiger partial charge in [-0.1, -0.05) is 12.1 Å². The molecule has 0 bridgehead atoms. The van der Waals surface area contributed by atoms with Crippen LogP contribution in [0.15, 0.2) is 33.5 Å². The van der Waals surface area contributed by atoms with Crippen molar-refractivity contribution >= 4 is 55.8 Å². The van der Waals surface area contributed by atoms with Gasteiger partial charge in [-0.2, -0.15) is 0 Å². The highest BCUT2D eigenvalue weighted by atomic mass is 32.2. The van der Waals surface area contributed by atoms with Crippen LogP contribution >= 0.6 is 34.9 Å². The van der Waals surface area contributed by atoms with Gasteiger partial charge in [0.1, 0.15) is 0 Å². The quantitative estimate of drug-likeness (QED) is 0.803. The van der Waals surface area contributed by atoms with Crippen LogP contribution in [0.1, 0.15) is 10.4 Å². The highest BCUT2D eigenvalue weighted by Crippen LogP contribution is 2.48. The molecular formula is C15H14N2S3. The number of rotatable bonds is 2. The van der Waals surface area contributed by atoms with Crippen molar-refractivity contribution in [3.8, 4) is 0 Å². The van der Waals surface area contributed by atoms with Crippen LogP contribution < -0.4 is 0 Å². The Labute approximate surface area is 131 Å². The molecular weight excluding hydrogens is 304 g/mol. The lowest BCUT2D eigenvalue weighted by molar-refractivity contribution is 0.651. The fourth-order valence-electron chi connectivity index (χ4n) is 2.66. The minimum atomic E-state index is 0.928. The van der Waals surface area contributed by atoms with Crippen molar-refractivity contribution in [1.82, 2.24) is 4.90 Å². The number of hydrogen-bond acceptors (Lipinski definition) is 5. The molecule has 2 aliphatic heterocycles. The Bertz CT molecular complexity index is 758. The number of benzene rings is 1. The fourth-order valence-corrected chi connectivity index (χ4v) is 5.89. The third-order valence-corrected chi connectivity index (χ3v) is 6.98. The maximum Gasteiger partial charge on any atom is 0.169 e. The highest BCUT2D eigenvalue weighted by molar-refractivity contribution is 8.30. The molecule has 0 saturated carbocycles. The first-order valence-corrected chi connectivity index (χ1v) is 9.41. The van der Waals surface area contributed by atoms with Crippen molar-refractivity contribution in [2.24, 2.45) is 4.99 Å². The van der Waals surface area contributed by atoms with Gasteiger partial charge in [0.2, 0.25) is 0 Å². The van der Waals surface area contributed by atoms with Gasteiger partial charge in [0.05, 0.1) is 21.4 Å². The van der Waals surface area contributed by atoms with Gasteiger partial charge in [-0.25, -0.2) is 0 Å². The Hall–Kier alpha value is -0.910. The summed E-state index contributed by atoms with van der Waals surface area (Å²) >= 11 is 5.55. The van der Waals surface area contributed by atoms with Crippen LogP contribution in [0, 0.1) is 6.92 Å². The SMILES string of the molecule is CSC1=C(c2cc3c(C)cccc3s2)N2CCN=C2S1. The van der Waals surface area contributed by atoms with Crippen LogP contribution in [0.5, 0.6) is 0 Å². The van der Waals surface area contributed by atoms with Crippen molar-refractivity contribution < 1.29 is 0 Å². The molecule has 4 rings (SSSR count). The van der Waals surface area contributed by atoms with E-state index in [0.717, 1.165) is 13.1 Å². The summed E-state index contributed by atoms with van der Waals surface area (Å²) in [5, 5.41) is 2.56. The molecule has 20 heavy (non-hydrogen) atoms. The molecule has 0 unspecified atom stereocenters. The number of fused-ring (bicyclic) bond motifs is 2. The summed E-state index contributed by atoms with van der Waals surface area (Å²) in [5.74, 6) is 0. The van der Waals surface area contributed by atoms with E-state index in [1.165, 1.54) is 35.6 Å². The molecule has 0 amide bonds. The first-order valence-electron chi connectivity index (χ1n) is 6.55. The smallest absolute Gasteiger partial charge is 0.169 e. The molecule has 0 aliphatic carbocycles. The van der Waals surface area contributed by atoms with E-state index in [9.17, 15) is 0 Å². The predicted molar refractivity (Wildman–Crippen MR) is 93.6 cm³/mol. The predicted octanol–water partition coefficient (Wildman–Crippen LogP) is 4.62. The summed E-state index contributed by atoms with van der Waals surface area (Å²) in [7, 11) is 0. The molecule has 2 aliphatic rings. The van der Waals surface area contributed by atoms with E-state index < -0.39 is 0 Å². The summed E-state index contributed by atoms with van der Waals surface area (Å²) in [6, 6.07) is 8.91. The normalized spacial score (nSPS) is 18.1. The Morgan fingerprint density at radius 1 is 1.35 bits per heavy atom. The van der Waals surface area contributed by atoms with Crippen molar-refractivity contribution in [2.75, 3.05) is 19.3 Å². The van der Waals surface area contributed by atoms with Crippen molar-refractivity contribution in [3.63, 3.8) is 0 Å². The Kier molecular flexibility index (Phi) is 3.09. The highest BCUT2D eigenvalue weighted by Gasteiger charge is 2.33. The van der Waals surface area contributed by atoms with Crippen molar-refractivity contribution in [1.29, 1.82) is 0 Å². The largest absolute Gasteiger partial charge is 0.316 e. The van der Waals surface area contributed by atoms with E-state index >= 15 is 0 Å². The van der Waals surface area contributed by atoms with Gasteiger partial charge in [0.15, 0.2) is 5.17 Å². The number of thiophene rings is 1. The van der Waals surface area contributed by atoms with E-state index in [-0.39, 0.29) is 0 Å². The van der Waals surface area contributed by atoms with E-state index in [2.05, 4.69) is 47.3 Å². The minimum absolute atomic E-state index is 0.928. The van der Waals surface area contributed by atoms with Crippen LogP contribution in [-0.2, 0) is 0 Å². The lowest BCUT2D eigenvalue weighted by Crippen LogP contribution is -2.19. The summed E-state index contributed by atoms with van der Waals surface area (Å²) < 4.78 is 2.76. The maximum absolute atomic E-state index is 4.60. The first-order chi connectivity index (χ1) is 9.78. The van der Waals surface area contributed by atoms with E-state index in [0.29, 0.717) is 0 Å². The molecule has 102 valence electrons. The molecule has 0 atom stereocenters. The third kappa shape index (κ3) is 1.84. The van der Waals surface area contributed by atoms with Crippen LogP contribution in [-0.4, -0.2) is 29.4 Å². The van der Waals surface area contributed by atoms with Crippen LogP contribution in [0.3, 0.4) is 0 Å². The lowest BCUT2D eigenvalue weighted by Gasteiger charge is -2.15. The monoisotopic (exact) mass is 318 g/mol. The van der Waals surface area contributed by atoms with Crippen molar-refractivity contribution in [2.45, 2.75) is 6.92 Å². The Balaban J connectivity index is 1.89. The topological polar surface area (TPSA) is 15.6 Å². The van der Waals surface area contributed by atoms with Crippen molar-refractivity contribution in [3.05, 3.63) is 38.9 Å². The average Bonchev–Trinajstić information content (AvgIpc) is 3.10. The Morgan fingerprint density at radius 3 is 3.05 bits per heavy atom. The van der Waals surface area contributed by atoms with Gasteiger partial charge in [-0.15, -0.1) is 23.1 Å². The molecule has 0 fully saturated rings. The molecule has 1 aromatic carbocycles. The molecule has 0 N–H and O–H groups in total. The van der Waals surface area contributed by atoms with Crippen LogP contribution in [0.2, 0.25) is 0 Å². The molecule has 0 spiro atoms. The molecule has 5 heteroatoms. The molecule has 2 aromatic rings. The second-order valence-electron chi connectivity index (χ2n) is 4.86. The van der Waals surface area contributed by atoms with E-state index in [4.69, 9.17) is 0 Å². The summed E-state index contributed by atoms with van der Waals surface area (Å²) in [6.45, 7) is 4.14. The molecule has 1 aromatic heterocycles. The number of aliphatic imine (C=N–C) groups is 1. The summed E-state index contributed by atoms with van der Waals surface area (Å²) in [4.78, 5) is 8.36. The van der Waals surface area contributed by atoms with E-state index in [1.54, 1.807) is 0 Å². The zero-order chi connectivity index (χ0) is 13.7. The molecule has 0 radical (unpaired) electrons. The number of hydrogen-bond donors (Lipinski definition) is 0. The summed E-state index contributed by atoms with van der Waals surface area (Å²) in [6.07, 6.45) is 2.16. The van der Waals surface area contributed by atoms with Gasteiger partial charge >= 0.3 is 0 Å². The van der Waals surface area contributed by atoms with Gasteiger partial charge in [0.25, 0.3) is 0 Å². The van der Waals surface area contributed by atoms with Gasteiger partial charge in [-0.05, 0) is 48.0 Å². The summed E-state index contributed by atoms with van der Waals surface area (Å²) in [5.41, 5.74) is 2.73. The number of nitrogens with zero attached hydrogens (tertiary/aromatic N) is 2. The van der Waals surface area contributed by atoms with Gasteiger partial charge < -0.3 is 4.90 Å². The second kappa shape index (κ2) is 4.83. The minimum Gasteiger partial charge on any atom is -0.316 e. The third-order valence-electron chi connectivity index (χ3n) is 3.65. The molecule has 3 heterocycles. The molecule has 2 nitrogen and oxygen atoms in total. The zero-order valence-corrected chi connectivity index (χ0v) is 13.8. The first kappa shape index (κ1) is 12.8.